The van der Waals surface area contributed by atoms with E-state index >= 15 is 0 Å². The first-order valence-corrected chi connectivity index (χ1v) is 9.63. The van der Waals surface area contributed by atoms with Gasteiger partial charge in [0.25, 0.3) is 0 Å². The number of likely N-dealkylation sites (tertiary alicyclic amines) is 1. The summed E-state index contributed by atoms with van der Waals surface area (Å²) < 4.78 is 5.57. The van der Waals surface area contributed by atoms with Crippen LogP contribution in [0.3, 0.4) is 0 Å². The predicted octanol–water partition coefficient (Wildman–Crippen LogP) is 4.84. The average molecular weight is 354 g/mol. The van der Waals surface area contributed by atoms with Crippen LogP contribution in [-0.2, 0) is 4.74 Å². The number of carbonyl (C=O) groups is 1. The molecule has 4 heteroatoms. The normalized spacial score (nSPS) is 23.9. The van der Waals surface area contributed by atoms with Crippen molar-refractivity contribution in [2.75, 3.05) is 13.1 Å². The Morgan fingerprint density at radius 2 is 1.92 bits per heavy atom. The lowest BCUT2D eigenvalue weighted by molar-refractivity contribution is 0.0255. The van der Waals surface area contributed by atoms with Crippen LogP contribution in [0.2, 0.25) is 0 Å². The topological polar surface area (TPSA) is 41.9 Å². The molecule has 4 nitrogen and oxygen atoms in total. The lowest BCUT2D eigenvalue weighted by Crippen LogP contribution is -2.37. The number of ether oxygens (including phenoxy) is 1. The molecule has 2 aliphatic heterocycles. The van der Waals surface area contributed by atoms with Crippen LogP contribution in [0, 0.1) is 5.92 Å². The maximum Gasteiger partial charge on any atom is 0.410 e. The SMILES string of the molecule is CC1CC2CCN(C(=O)OC(C)(C)C)CCC2=CC(c2ccccc2)=N1. The molecule has 1 amide bonds. The maximum atomic E-state index is 12.5. The summed E-state index contributed by atoms with van der Waals surface area (Å²) in [5.41, 5.74) is 3.21. The van der Waals surface area contributed by atoms with E-state index in [1.807, 2.05) is 31.7 Å². The van der Waals surface area contributed by atoms with Gasteiger partial charge in [0.05, 0.1) is 5.71 Å². The van der Waals surface area contributed by atoms with Gasteiger partial charge in [0.1, 0.15) is 5.60 Å². The second-order valence-electron chi connectivity index (χ2n) is 8.39. The van der Waals surface area contributed by atoms with E-state index in [1.54, 1.807) is 0 Å². The Labute approximate surface area is 156 Å². The summed E-state index contributed by atoms with van der Waals surface area (Å²) in [5.74, 6) is 0.488. The molecular formula is C22H30N2O2. The number of allylic oxidation sites excluding steroid dienone is 1. The second kappa shape index (κ2) is 7.65. The first kappa shape index (κ1) is 18.7. The summed E-state index contributed by atoms with van der Waals surface area (Å²) in [6, 6.07) is 10.7. The number of aliphatic imine (C=N–C) groups is 1. The van der Waals surface area contributed by atoms with Crippen LogP contribution in [0.1, 0.15) is 52.5 Å². The van der Waals surface area contributed by atoms with Gasteiger partial charge in [-0.3, -0.25) is 4.99 Å². The number of nitrogens with zero attached hydrogens (tertiary/aromatic N) is 2. The predicted molar refractivity (Wildman–Crippen MR) is 106 cm³/mol. The summed E-state index contributed by atoms with van der Waals surface area (Å²) in [6.45, 7) is 9.41. The van der Waals surface area contributed by atoms with Crippen molar-refractivity contribution in [2.45, 2.75) is 58.6 Å². The molecule has 1 fully saturated rings. The van der Waals surface area contributed by atoms with Crippen molar-refractivity contribution in [3.05, 3.63) is 47.5 Å². The molecule has 2 aliphatic rings. The van der Waals surface area contributed by atoms with Gasteiger partial charge in [-0.15, -0.1) is 0 Å². The molecule has 0 aliphatic carbocycles. The highest BCUT2D eigenvalue weighted by Crippen LogP contribution is 2.31. The molecule has 26 heavy (non-hydrogen) atoms. The van der Waals surface area contributed by atoms with Gasteiger partial charge in [-0.1, -0.05) is 35.9 Å². The van der Waals surface area contributed by atoms with Crippen LogP contribution in [0.15, 0.2) is 47.0 Å². The van der Waals surface area contributed by atoms with Gasteiger partial charge in [0.15, 0.2) is 0 Å². The fraction of sp³-hybridized carbons (Fsp3) is 0.545. The van der Waals surface area contributed by atoms with Crippen LogP contribution in [-0.4, -0.2) is 41.4 Å². The van der Waals surface area contributed by atoms with Crippen LogP contribution < -0.4 is 0 Å². The van der Waals surface area contributed by atoms with Crippen LogP contribution in [0.25, 0.3) is 0 Å². The maximum absolute atomic E-state index is 12.5. The molecule has 0 radical (unpaired) electrons. The van der Waals surface area contributed by atoms with E-state index in [4.69, 9.17) is 9.73 Å². The van der Waals surface area contributed by atoms with Gasteiger partial charge < -0.3 is 9.64 Å². The standard InChI is InChI=1S/C22H30N2O2/c1-16-14-18-10-12-24(21(25)26-22(2,3)4)13-11-19(18)15-20(23-16)17-8-6-5-7-9-17/h5-9,15-16,18H,10-14H2,1-4H3. The van der Waals surface area contributed by atoms with Crippen LogP contribution in [0.5, 0.6) is 0 Å². The van der Waals surface area contributed by atoms with Crippen molar-refractivity contribution >= 4 is 11.8 Å². The van der Waals surface area contributed by atoms with Crippen molar-refractivity contribution in [1.29, 1.82) is 0 Å². The second-order valence-corrected chi connectivity index (χ2v) is 8.39. The Bertz CT molecular complexity index is 701. The zero-order valence-electron chi connectivity index (χ0n) is 16.4. The van der Waals surface area contributed by atoms with E-state index in [2.05, 4.69) is 37.3 Å². The minimum Gasteiger partial charge on any atom is -0.444 e. The highest BCUT2D eigenvalue weighted by Gasteiger charge is 2.29. The number of fused-ring (bicyclic) bond motifs is 1. The van der Waals surface area contributed by atoms with Gasteiger partial charge in [-0.25, -0.2) is 4.79 Å². The number of hydrogen-bond donors (Lipinski definition) is 0. The van der Waals surface area contributed by atoms with Crippen molar-refractivity contribution < 1.29 is 9.53 Å². The number of rotatable bonds is 1. The molecule has 0 N–H and O–H groups in total. The first-order valence-electron chi connectivity index (χ1n) is 9.63. The zero-order chi connectivity index (χ0) is 18.7. The third-order valence-corrected chi connectivity index (χ3v) is 4.97. The molecule has 1 aromatic rings. The molecule has 0 saturated carbocycles. The minimum absolute atomic E-state index is 0.195. The minimum atomic E-state index is -0.450. The van der Waals surface area contributed by atoms with E-state index < -0.39 is 5.60 Å². The molecule has 1 saturated heterocycles. The number of hydrogen-bond acceptors (Lipinski definition) is 3. The number of amides is 1. The van der Waals surface area contributed by atoms with Crippen molar-refractivity contribution in [2.24, 2.45) is 10.9 Å². The Hall–Kier alpha value is -2.10. The Kier molecular flexibility index (Phi) is 5.49. The smallest absolute Gasteiger partial charge is 0.410 e. The highest BCUT2D eigenvalue weighted by atomic mass is 16.6. The largest absolute Gasteiger partial charge is 0.444 e. The van der Waals surface area contributed by atoms with E-state index in [0.717, 1.165) is 31.5 Å². The Morgan fingerprint density at radius 1 is 1.19 bits per heavy atom. The molecular weight excluding hydrogens is 324 g/mol. The lowest BCUT2D eigenvalue weighted by Gasteiger charge is -2.26. The Balaban J connectivity index is 1.78. The highest BCUT2D eigenvalue weighted by molar-refractivity contribution is 6.09. The monoisotopic (exact) mass is 354 g/mol. The molecule has 140 valence electrons. The third kappa shape index (κ3) is 4.75. The summed E-state index contributed by atoms with van der Waals surface area (Å²) in [6.07, 6.45) is 4.99. The summed E-state index contributed by atoms with van der Waals surface area (Å²) in [5, 5.41) is 0. The molecule has 3 rings (SSSR count). The summed E-state index contributed by atoms with van der Waals surface area (Å²) in [7, 11) is 0. The van der Waals surface area contributed by atoms with Crippen molar-refractivity contribution in [1.82, 2.24) is 4.90 Å². The quantitative estimate of drug-likeness (QED) is 0.724. The molecule has 2 heterocycles. The van der Waals surface area contributed by atoms with Gasteiger partial charge in [-0.2, -0.15) is 0 Å². The van der Waals surface area contributed by atoms with Crippen molar-refractivity contribution in [3.8, 4) is 0 Å². The van der Waals surface area contributed by atoms with Gasteiger partial charge in [-0.05, 0) is 64.5 Å². The fourth-order valence-corrected chi connectivity index (χ4v) is 3.73. The molecule has 0 spiro atoms. The van der Waals surface area contributed by atoms with Gasteiger partial charge in [0.2, 0.25) is 0 Å². The third-order valence-electron chi connectivity index (χ3n) is 4.97. The van der Waals surface area contributed by atoms with Gasteiger partial charge >= 0.3 is 6.09 Å². The number of carbonyl (C=O) groups excluding carboxylic acids is 1. The molecule has 0 bridgehead atoms. The van der Waals surface area contributed by atoms with Crippen LogP contribution >= 0.6 is 0 Å². The van der Waals surface area contributed by atoms with Gasteiger partial charge in [0, 0.05) is 19.1 Å². The Morgan fingerprint density at radius 3 is 2.62 bits per heavy atom. The van der Waals surface area contributed by atoms with E-state index in [1.165, 1.54) is 11.1 Å². The number of benzene rings is 1. The van der Waals surface area contributed by atoms with Crippen molar-refractivity contribution in [3.63, 3.8) is 0 Å². The van der Waals surface area contributed by atoms with Crippen LogP contribution in [0.4, 0.5) is 4.79 Å². The average Bonchev–Trinajstić information content (AvgIpc) is 2.85. The molecule has 1 aromatic carbocycles. The molecule has 0 aromatic heterocycles. The van der Waals surface area contributed by atoms with E-state index in [9.17, 15) is 4.79 Å². The first-order chi connectivity index (χ1) is 12.3. The van der Waals surface area contributed by atoms with E-state index in [-0.39, 0.29) is 12.1 Å². The summed E-state index contributed by atoms with van der Waals surface area (Å²) >= 11 is 0. The lowest BCUT2D eigenvalue weighted by atomic mass is 9.88. The zero-order valence-corrected chi connectivity index (χ0v) is 16.4. The fourth-order valence-electron chi connectivity index (χ4n) is 3.73. The molecule has 2 atom stereocenters. The van der Waals surface area contributed by atoms with E-state index in [0.29, 0.717) is 12.5 Å². The molecule has 2 unspecified atom stereocenters. The summed E-state index contributed by atoms with van der Waals surface area (Å²) in [4.78, 5) is 19.3.